The van der Waals surface area contributed by atoms with Crippen molar-refractivity contribution in [2.75, 3.05) is 0 Å². The van der Waals surface area contributed by atoms with Gasteiger partial charge in [0, 0.05) is 11.4 Å². The van der Waals surface area contributed by atoms with E-state index in [1.807, 2.05) is 0 Å². The van der Waals surface area contributed by atoms with Crippen LogP contribution in [0.2, 0.25) is 0 Å². The van der Waals surface area contributed by atoms with Gasteiger partial charge in [0.25, 0.3) is 5.91 Å². The van der Waals surface area contributed by atoms with Crippen molar-refractivity contribution in [2.24, 2.45) is 0 Å². The number of nitrogens with zero attached hydrogens (tertiary/aromatic N) is 2. The molecule has 0 aromatic carbocycles. The van der Waals surface area contributed by atoms with Crippen LogP contribution in [-0.4, -0.2) is 15.9 Å². The molecule has 8 heteroatoms. The molecule has 0 saturated carbocycles. The molecule has 4 nitrogen and oxygen atoms in total. The molecule has 0 radical (unpaired) electrons. The average molecular weight is 334 g/mol. The average Bonchev–Trinajstić information content (AvgIpc) is 2.74. The molecule has 2 rings (SSSR count). The number of aromatic nitrogens is 2. The van der Waals surface area contributed by atoms with Gasteiger partial charge in [-0.05, 0) is 15.9 Å². The molecule has 1 N–H and O–H groups in total. The highest BCUT2D eigenvalue weighted by atomic mass is 79.9. The van der Waals surface area contributed by atoms with Gasteiger partial charge in [-0.25, -0.2) is 13.8 Å². The zero-order valence-electron chi connectivity index (χ0n) is 8.78. The molecule has 1 amide bonds. The number of rotatable bonds is 3. The minimum Gasteiger partial charge on any atom is -0.345 e. The summed E-state index contributed by atoms with van der Waals surface area (Å²) in [6, 6.07) is 0.716. The van der Waals surface area contributed by atoms with Crippen molar-refractivity contribution in [1.82, 2.24) is 15.3 Å². The van der Waals surface area contributed by atoms with Gasteiger partial charge in [-0.2, -0.15) is 0 Å². The van der Waals surface area contributed by atoms with Gasteiger partial charge in [0.05, 0.1) is 18.4 Å². The second-order valence-electron chi connectivity index (χ2n) is 3.25. The third kappa shape index (κ3) is 3.08. The summed E-state index contributed by atoms with van der Waals surface area (Å²) in [6.07, 6.45) is 0.893. The lowest BCUT2D eigenvalue weighted by Gasteiger charge is -2.03. The Bertz CT molecular complexity index is 590. The van der Waals surface area contributed by atoms with E-state index in [9.17, 15) is 13.6 Å². The summed E-state index contributed by atoms with van der Waals surface area (Å²) in [6.45, 7) is -0.125. The number of nitrogens with one attached hydrogen (secondary N) is 1. The molecule has 0 aliphatic carbocycles. The van der Waals surface area contributed by atoms with E-state index in [2.05, 4.69) is 31.2 Å². The highest BCUT2D eigenvalue weighted by Gasteiger charge is 2.11. The van der Waals surface area contributed by atoms with Crippen LogP contribution in [0.4, 0.5) is 8.78 Å². The van der Waals surface area contributed by atoms with E-state index in [0.29, 0.717) is 9.98 Å². The first-order valence-corrected chi connectivity index (χ1v) is 6.42. The lowest BCUT2D eigenvalue weighted by Crippen LogP contribution is -2.24. The summed E-state index contributed by atoms with van der Waals surface area (Å²) in [5.41, 5.74) is 0.202. The molecule has 0 aliphatic rings. The van der Waals surface area contributed by atoms with Crippen LogP contribution in [0.1, 0.15) is 16.2 Å². The van der Waals surface area contributed by atoms with E-state index in [4.69, 9.17) is 0 Å². The number of carbonyl (C=O) groups excluding carboxylic acids is 1. The molecule has 0 spiro atoms. The summed E-state index contributed by atoms with van der Waals surface area (Å²) >= 11 is 4.39. The van der Waals surface area contributed by atoms with Gasteiger partial charge < -0.3 is 5.32 Å². The third-order valence-electron chi connectivity index (χ3n) is 2.01. The predicted octanol–water partition coefficient (Wildman–Crippen LogP) is 2.51. The zero-order valence-corrected chi connectivity index (χ0v) is 11.2. The molecule has 94 valence electrons. The minimum atomic E-state index is -0.797. The molecule has 0 atom stereocenters. The van der Waals surface area contributed by atoms with Crippen LogP contribution in [-0.2, 0) is 6.54 Å². The first-order valence-electron chi connectivity index (χ1n) is 4.75. The van der Waals surface area contributed by atoms with Crippen molar-refractivity contribution in [3.8, 4) is 0 Å². The zero-order chi connectivity index (χ0) is 13.1. The Hall–Kier alpha value is -1.41. The third-order valence-corrected chi connectivity index (χ3v) is 3.37. The lowest BCUT2D eigenvalue weighted by atomic mass is 10.3. The predicted molar refractivity (Wildman–Crippen MR) is 65.1 cm³/mol. The molecule has 0 saturated heterocycles. The highest BCUT2D eigenvalue weighted by molar-refractivity contribution is 9.11. The number of hydrogen-bond donors (Lipinski definition) is 1. The fourth-order valence-corrected chi connectivity index (χ4v) is 2.17. The van der Waals surface area contributed by atoms with Crippen molar-refractivity contribution in [3.05, 3.63) is 44.6 Å². The molecular weight excluding hydrogens is 328 g/mol. The van der Waals surface area contributed by atoms with Gasteiger partial charge in [0.15, 0.2) is 3.92 Å². The number of amides is 1. The van der Waals surface area contributed by atoms with Crippen molar-refractivity contribution in [2.45, 2.75) is 6.54 Å². The largest absolute Gasteiger partial charge is 0.345 e. The van der Waals surface area contributed by atoms with E-state index >= 15 is 0 Å². The summed E-state index contributed by atoms with van der Waals surface area (Å²) in [5.74, 6) is -2.00. The maximum atomic E-state index is 13.2. The van der Waals surface area contributed by atoms with Crippen LogP contribution >= 0.6 is 27.3 Å². The number of pyridine rings is 1. The molecule has 0 fully saturated rings. The van der Waals surface area contributed by atoms with Crippen LogP contribution in [0.5, 0.6) is 0 Å². The minimum absolute atomic E-state index is 0.0287. The standard InChI is InChI=1S/C10H6BrF2N3OS/c11-10-16-8(4-18-10)9(17)15-3-7-6(13)1-5(12)2-14-7/h1-2,4H,3H2,(H,15,17). The monoisotopic (exact) mass is 333 g/mol. The van der Waals surface area contributed by atoms with Crippen molar-refractivity contribution >= 4 is 33.2 Å². The van der Waals surface area contributed by atoms with Crippen LogP contribution in [0.3, 0.4) is 0 Å². The van der Waals surface area contributed by atoms with E-state index < -0.39 is 17.5 Å². The Kier molecular flexibility index (Phi) is 3.97. The molecule has 0 bridgehead atoms. The van der Waals surface area contributed by atoms with Gasteiger partial charge in [0.2, 0.25) is 0 Å². The SMILES string of the molecule is O=C(NCc1ncc(F)cc1F)c1csc(Br)n1. The summed E-state index contributed by atoms with van der Waals surface area (Å²) in [7, 11) is 0. The maximum absolute atomic E-state index is 13.2. The summed E-state index contributed by atoms with van der Waals surface area (Å²) in [5, 5.41) is 4.01. The Balaban J connectivity index is 2.01. The van der Waals surface area contributed by atoms with Gasteiger partial charge in [0.1, 0.15) is 17.3 Å². The molecule has 18 heavy (non-hydrogen) atoms. The Morgan fingerprint density at radius 2 is 2.28 bits per heavy atom. The maximum Gasteiger partial charge on any atom is 0.271 e. The Morgan fingerprint density at radius 1 is 1.50 bits per heavy atom. The van der Waals surface area contributed by atoms with E-state index in [1.54, 1.807) is 5.38 Å². The normalized spacial score (nSPS) is 10.4. The van der Waals surface area contributed by atoms with Crippen LogP contribution < -0.4 is 5.32 Å². The molecule has 2 aromatic heterocycles. The number of carbonyl (C=O) groups is 1. The number of hydrogen-bond acceptors (Lipinski definition) is 4. The van der Waals surface area contributed by atoms with Crippen LogP contribution in [0.15, 0.2) is 21.6 Å². The molecule has 2 heterocycles. The molecular formula is C10H6BrF2N3OS. The van der Waals surface area contributed by atoms with Gasteiger partial charge in [-0.3, -0.25) is 9.78 Å². The second kappa shape index (κ2) is 5.49. The Labute approximate surface area is 113 Å². The van der Waals surface area contributed by atoms with E-state index in [-0.39, 0.29) is 17.9 Å². The first-order chi connectivity index (χ1) is 8.56. The van der Waals surface area contributed by atoms with Gasteiger partial charge in [-0.15, -0.1) is 11.3 Å². The Morgan fingerprint density at radius 3 is 2.89 bits per heavy atom. The lowest BCUT2D eigenvalue weighted by molar-refractivity contribution is 0.0945. The van der Waals surface area contributed by atoms with Gasteiger partial charge in [-0.1, -0.05) is 0 Å². The fraction of sp³-hybridized carbons (Fsp3) is 0.100. The topological polar surface area (TPSA) is 54.9 Å². The molecule has 2 aromatic rings. The smallest absolute Gasteiger partial charge is 0.271 e. The van der Waals surface area contributed by atoms with Gasteiger partial charge >= 0.3 is 0 Å². The van der Waals surface area contributed by atoms with Crippen molar-refractivity contribution in [1.29, 1.82) is 0 Å². The summed E-state index contributed by atoms with van der Waals surface area (Å²) < 4.78 is 26.4. The molecule has 0 unspecified atom stereocenters. The fourth-order valence-electron chi connectivity index (χ4n) is 1.18. The van der Waals surface area contributed by atoms with Crippen LogP contribution in [0, 0.1) is 11.6 Å². The highest BCUT2D eigenvalue weighted by Crippen LogP contribution is 2.15. The van der Waals surface area contributed by atoms with E-state index in [0.717, 1.165) is 6.20 Å². The first kappa shape index (κ1) is 13.0. The number of thiazole rings is 1. The molecule has 0 aliphatic heterocycles. The van der Waals surface area contributed by atoms with Crippen molar-refractivity contribution in [3.63, 3.8) is 0 Å². The van der Waals surface area contributed by atoms with Crippen LogP contribution in [0.25, 0.3) is 0 Å². The number of halogens is 3. The summed E-state index contributed by atoms with van der Waals surface area (Å²) in [4.78, 5) is 19.1. The van der Waals surface area contributed by atoms with E-state index in [1.165, 1.54) is 11.3 Å². The van der Waals surface area contributed by atoms with Crippen molar-refractivity contribution < 1.29 is 13.6 Å². The second-order valence-corrected chi connectivity index (χ2v) is 5.38. The quantitative estimate of drug-likeness (QED) is 0.938.